The summed E-state index contributed by atoms with van der Waals surface area (Å²) < 4.78 is 1.93. The molecule has 1 unspecified atom stereocenters. The van der Waals surface area contributed by atoms with Crippen LogP contribution in [0.1, 0.15) is 44.2 Å². The van der Waals surface area contributed by atoms with Gasteiger partial charge < -0.3 is 15.7 Å². The van der Waals surface area contributed by atoms with Crippen LogP contribution in [0.25, 0.3) is 0 Å². The maximum absolute atomic E-state index is 9.24. The second kappa shape index (κ2) is 12.1. The molecule has 0 saturated heterocycles. The Labute approximate surface area is 162 Å². The topological polar surface area (TPSA) is 74.5 Å². The molecule has 0 saturated carbocycles. The Bertz CT molecular complexity index is 663. The van der Waals surface area contributed by atoms with E-state index in [-0.39, 0.29) is 6.61 Å². The fourth-order valence-corrected chi connectivity index (χ4v) is 3.12. The van der Waals surface area contributed by atoms with Crippen molar-refractivity contribution < 1.29 is 5.11 Å². The van der Waals surface area contributed by atoms with E-state index in [4.69, 9.17) is 4.99 Å². The largest absolute Gasteiger partial charge is 0.396 e. The van der Waals surface area contributed by atoms with Crippen molar-refractivity contribution in [3.8, 4) is 0 Å². The Morgan fingerprint density at radius 3 is 2.63 bits per heavy atom. The van der Waals surface area contributed by atoms with E-state index in [0.29, 0.717) is 12.5 Å². The molecule has 6 heteroatoms. The van der Waals surface area contributed by atoms with Crippen molar-refractivity contribution in [2.24, 2.45) is 10.9 Å². The zero-order valence-electron chi connectivity index (χ0n) is 16.6. The molecule has 2 rings (SSSR count). The SMILES string of the molecule is CCCC(CCO)CNC(=NCc1ccccc1Cn1cccn1)NCC. The second-order valence-corrected chi connectivity index (χ2v) is 6.72. The lowest BCUT2D eigenvalue weighted by Crippen LogP contribution is -2.40. The average molecular weight is 372 g/mol. The van der Waals surface area contributed by atoms with Gasteiger partial charge in [-0.2, -0.15) is 5.10 Å². The minimum atomic E-state index is 0.237. The van der Waals surface area contributed by atoms with Crippen molar-refractivity contribution in [2.75, 3.05) is 19.7 Å². The number of aliphatic hydroxyl groups is 1. The Morgan fingerprint density at radius 1 is 1.15 bits per heavy atom. The van der Waals surface area contributed by atoms with Gasteiger partial charge in [-0.1, -0.05) is 37.6 Å². The molecule has 1 heterocycles. The first-order valence-electron chi connectivity index (χ1n) is 9.94. The molecule has 0 aliphatic rings. The van der Waals surface area contributed by atoms with Crippen molar-refractivity contribution in [1.82, 2.24) is 20.4 Å². The monoisotopic (exact) mass is 371 g/mol. The van der Waals surface area contributed by atoms with E-state index in [1.54, 1.807) is 6.20 Å². The molecule has 0 spiro atoms. The highest BCUT2D eigenvalue weighted by molar-refractivity contribution is 5.79. The first kappa shape index (κ1) is 21.0. The predicted octanol–water partition coefficient (Wildman–Crippen LogP) is 2.79. The molecule has 1 atom stereocenters. The molecule has 3 N–H and O–H groups in total. The van der Waals surface area contributed by atoms with E-state index < -0.39 is 0 Å². The summed E-state index contributed by atoms with van der Waals surface area (Å²) in [5.41, 5.74) is 2.43. The number of aliphatic hydroxyl groups excluding tert-OH is 1. The first-order chi connectivity index (χ1) is 13.3. The number of rotatable bonds is 11. The summed E-state index contributed by atoms with van der Waals surface area (Å²) in [4.78, 5) is 4.77. The normalized spacial score (nSPS) is 12.8. The molecule has 0 amide bonds. The molecule has 0 aliphatic heterocycles. The van der Waals surface area contributed by atoms with Crippen LogP contribution in [-0.4, -0.2) is 40.5 Å². The summed E-state index contributed by atoms with van der Waals surface area (Å²) in [6.07, 6.45) is 6.83. The highest BCUT2D eigenvalue weighted by atomic mass is 16.3. The van der Waals surface area contributed by atoms with Crippen molar-refractivity contribution in [3.05, 3.63) is 53.9 Å². The van der Waals surface area contributed by atoms with Crippen LogP contribution in [-0.2, 0) is 13.1 Å². The zero-order chi connectivity index (χ0) is 19.3. The van der Waals surface area contributed by atoms with Crippen molar-refractivity contribution in [1.29, 1.82) is 0 Å². The molecule has 0 fully saturated rings. The number of nitrogens with zero attached hydrogens (tertiary/aromatic N) is 3. The lowest BCUT2D eigenvalue weighted by atomic mass is 10.0. The van der Waals surface area contributed by atoms with Crippen LogP contribution in [0.3, 0.4) is 0 Å². The number of benzene rings is 1. The maximum Gasteiger partial charge on any atom is 0.191 e. The van der Waals surface area contributed by atoms with Gasteiger partial charge in [0.25, 0.3) is 0 Å². The van der Waals surface area contributed by atoms with Gasteiger partial charge in [-0.05, 0) is 42.9 Å². The van der Waals surface area contributed by atoms with Gasteiger partial charge in [0, 0.05) is 32.1 Å². The lowest BCUT2D eigenvalue weighted by molar-refractivity contribution is 0.251. The minimum Gasteiger partial charge on any atom is -0.396 e. The van der Waals surface area contributed by atoms with Gasteiger partial charge in [0.15, 0.2) is 5.96 Å². The van der Waals surface area contributed by atoms with E-state index >= 15 is 0 Å². The van der Waals surface area contributed by atoms with Gasteiger partial charge in [-0.3, -0.25) is 4.68 Å². The highest BCUT2D eigenvalue weighted by Crippen LogP contribution is 2.12. The Hall–Kier alpha value is -2.34. The number of hydrogen-bond acceptors (Lipinski definition) is 3. The standard InChI is InChI=1S/C21H33N5O/c1-3-8-18(11-14-27)15-23-21(22-4-2)24-16-19-9-5-6-10-20(19)17-26-13-7-12-25-26/h5-7,9-10,12-13,18,27H,3-4,8,11,14-17H2,1-2H3,(H2,22,23,24). The second-order valence-electron chi connectivity index (χ2n) is 6.72. The van der Waals surface area contributed by atoms with Crippen LogP contribution in [0, 0.1) is 5.92 Å². The molecule has 27 heavy (non-hydrogen) atoms. The molecule has 1 aromatic heterocycles. The Balaban J connectivity index is 2.01. The molecule has 2 aromatic rings. The summed E-state index contributed by atoms with van der Waals surface area (Å²) in [5, 5.41) is 20.3. The fraction of sp³-hybridized carbons (Fsp3) is 0.524. The fourth-order valence-electron chi connectivity index (χ4n) is 3.12. The van der Waals surface area contributed by atoms with E-state index in [1.165, 1.54) is 11.1 Å². The molecule has 0 radical (unpaired) electrons. The molecule has 0 bridgehead atoms. The third kappa shape index (κ3) is 7.43. The van der Waals surface area contributed by atoms with Gasteiger partial charge in [-0.15, -0.1) is 0 Å². The number of guanidine groups is 1. The van der Waals surface area contributed by atoms with Gasteiger partial charge in [0.1, 0.15) is 0 Å². The van der Waals surface area contributed by atoms with Crippen LogP contribution in [0.15, 0.2) is 47.7 Å². The van der Waals surface area contributed by atoms with E-state index in [1.807, 2.05) is 16.9 Å². The summed E-state index contributed by atoms with van der Waals surface area (Å²) in [7, 11) is 0. The molecule has 148 valence electrons. The zero-order valence-corrected chi connectivity index (χ0v) is 16.6. The van der Waals surface area contributed by atoms with E-state index in [2.05, 4.69) is 53.8 Å². The molecule has 0 aliphatic carbocycles. The van der Waals surface area contributed by atoms with Gasteiger partial charge >= 0.3 is 0 Å². The van der Waals surface area contributed by atoms with Crippen LogP contribution < -0.4 is 10.6 Å². The van der Waals surface area contributed by atoms with E-state index in [0.717, 1.165) is 44.9 Å². The van der Waals surface area contributed by atoms with Gasteiger partial charge in [-0.25, -0.2) is 4.99 Å². The predicted molar refractivity (Wildman–Crippen MR) is 111 cm³/mol. The number of hydrogen-bond donors (Lipinski definition) is 3. The number of nitrogens with one attached hydrogen (secondary N) is 2. The number of aromatic nitrogens is 2. The molecular weight excluding hydrogens is 338 g/mol. The number of aliphatic imine (C=N–C) groups is 1. The quantitative estimate of drug-likeness (QED) is 0.419. The van der Waals surface area contributed by atoms with E-state index in [9.17, 15) is 5.11 Å². The summed E-state index contributed by atoms with van der Waals surface area (Å²) >= 11 is 0. The average Bonchev–Trinajstić information content (AvgIpc) is 3.18. The smallest absolute Gasteiger partial charge is 0.191 e. The minimum absolute atomic E-state index is 0.237. The first-order valence-corrected chi connectivity index (χ1v) is 9.94. The van der Waals surface area contributed by atoms with Gasteiger partial charge in [0.05, 0.1) is 13.1 Å². The molecule has 6 nitrogen and oxygen atoms in total. The maximum atomic E-state index is 9.24. The molecule has 1 aromatic carbocycles. The summed E-state index contributed by atoms with van der Waals surface area (Å²) in [6, 6.07) is 10.3. The van der Waals surface area contributed by atoms with Crippen LogP contribution in [0.2, 0.25) is 0 Å². The van der Waals surface area contributed by atoms with Crippen molar-refractivity contribution in [3.63, 3.8) is 0 Å². The molecular formula is C21H33N5O. The third-order valence-corrected chi connectivity index (χ3v) is 4.55. The lowest BCUT2D eigenvalue weighted by Gasteiger charge is -2.18. The van der Waals surface area contributed by atoms with Crippen molar-refractivity contribution in [2.45, 2.75) is 46.2 Å². The van der Waals surface area contributed by atoms with Gasteiger partial charge in [0.2, 0.25) is 0 Å². The van der Waals surface area contributed by atoms with Crippen LogP contribution >= 0.6 is 0 Å². The van der Waals surface area contributed by atoms with Crippen molar-refractivity contribution >= 4 is 5.96 Å². The highest BCUT2D eigenvalue weighted by Gasteiger charge is 2.09. The Morgan fingerprint density at radius 2 is 1.96 bits per heavy atom. The third-order valence-electron chi connectivity index (χ3n) is 4.55. The summed E-state index contributed by atoms with van der Waals surface area (Å²) in [5.74, 6) is 1.29. The summed E-state index contributed by atoms with van der Waals surface area (Å²) in [6.45, 7) is 7.50. The van der Waals surface area contributed by atoms with Crippen LogP contribution in [0.4, 0.5) is 0 Å². The van der Waals surface area contributed by atoms with Crippen LogP contribution in [0.5, 0.6) is 0 Å². The Kier molecular flexibility index (Phi) is 9.41.